The molecule has 12 heavy (non-hydrogen) atoms. The number of rotatable bonds is 5. The molecule has 0 rings (SSSR count). The Morgan fingerprint density at radius 2 is 1.92 bits per heavy atom. The van der Waals surface area contributed by atoms with Crippen molar-refractivity contribution in [2.45, 2.75) is 33.1 Å². The fraction of sp³-hybridized carbons (Fsp3) is 0.857. The molecular formula is C7H14NaO3P. The Kier molecular flexibility index (Phi) is 9.31. The predicted octanol–water partition coefficient (Wildman–Crippen LogP) is -1.63. The van der Waals surface area contributed by atoms with Crippen LogP contribution in [0.3, 0.4) is 0 Å². The molecule has 0 radical (unpaired) electrons. The average Bonchev–Trinajstić information content (AvgIpc) is 1.88. The van der Waals surface area contributed by atoms with Gasteiger partial charge in [-0.3, -0.25) is 4.79 Å². The third-order valence-corrected chi connectivity index (χ3v) is 3.40. The van der Waals surface area contributed by atoms with Crippen molar-refractivity contribution >= 4 is 12.9 Å². The van der Waals surface area contributed by atoms with E-state index >= 15 is 0 Å². The van der Waals surface area contributed by atoms with Crippen molar-refractivity contribution in [3.63, 3.8) is 0 Å². The van der Waals surface area contributed by atoms with Crippen LogP contribution in [0.25, 0.3) is 0 Å². The molecule has 66 valence electrons. The van der Waals surface area contributed by atoms with E-state index in [2.05, 4.69) is 0 Å². The van der Waals surface area contributed by atoms with E-state index in [1.54, 1.807) is 0 Å². The summed E-state index contributed by atoms with van der Waals surface area (Å²) < 4.78 is 10.9. The molecule has 0 heterocycles. The van der Waals surface area contributed by atoms with Crippen LogP contribution in [0.1, 0.15) is 33.1 Å². The molecule has 1 atom stereocenters. The summed E-state index contributed by atoms with van der Waals surface area (Å²) in [6, 6.07) is 0. The van der Waals surface area contributed by atoms with Gasteiger partial charge in [-0.25, -0.2) is 0 Å². The Morgan fingerprint density at radius 1 is 1.42 bits per heavy atom. The van der Waals surface area contributed by atoms with Gasteiger partial charge in [-0.1, -0.05) is 19.8 Å². The molecule has 0 saturated carbocycles. The number of unbranched alkanes of at least 4 members (excludes halogenated alkanes) is 2. The van der Waals surface area contributed by atoms with Gasteiger partial charge in [-0.15, -0.1) is 0 Å². The van der Waals surface area contributed by atoms with Crippen molar-refractivity contribution in [3.05, 3.63) is 0 Å². The standard InChI is InChI=1S/C7H15O3P.Na/c1-3-4-5-6-11(9,10)7(2)8;/h3-6H2,1-2H3,(H,9,10);/q;+1/p-1. The molecule has 0 amide bonds. The van der Waals surface area contributed by atoms with Crippen LogP contribution in [-0.2, 0) is 9.36 Å². The van der Waals surface area contributed by atoms with Gasteiger partial charge in [0, 0.05) is 6.92 Å². The Labute approximate surface area is 95.7 Å². The molecule has 0 aliphatic carbocycles. The molecule has 0 aromatic rings. The monoisotopic (exact) mass is 200 g/mol. The molecule has 0 spiro atoms. The summed E-state index contributed by atoms with van der Waals surface area (Å²) in [4.78, 5) is 21.4. The molecular weight excluding hydrogens is 186 g/mol. The maximum absolute atomic E-state index is 10.9. The van der Waals surface area contributed by atoms with Crippen LogP contribution in [-0.4, -0.2) is 11.7 Å². The Hall–Kier alpha value is 0.860. The van der Waals surface area contributed by atoms with Crippen molar-refractivity contribution in [1.82, 2.24) is 0 Å². The molecule has 0 N–H and O–H groups in total. The van der Waals surface area contributed by atoms with E-state index in [1.807, 2.05) is 6.92 Å². The van der Waals surface area contributed by atoms with Gasteiger partial charge in [0.05, 0.1) is 7.37 Å². The zero-order valence-electron chi connectivity index (χ0n) is 8.00. The van der Waals surface area contributed by atoms with Crippen LogP contribution in [0, 0.1) is 0 Å². The number of hydrogen-bond acceptors (Lipinski definition) is 3. The molecule has 0 fully saturated rings. The summed E-state index contributed by atoms with van der Waals surface area (Å²) in [6.45, 7) is 3.10. The first-order valence-corrected chi connectivity index (χ1v) is 5.63. The molecule has 5 heteroatoms. The topological polar surface area (TPSA) is 57.2 Å². The minimum Gasteiger partial charge on any atom is -0.794 e. The Morgan fingerprint density at radius 3 is 2.25 bits per heavy atom. The van der Waals surface area contributed by atoms with Gasteiger partial charge < -0.3 is 9.46 Å². The number of carbonyl (C=O) groups excluding carboxylic acids is 1. The number of carbonyl (C=O) groups is 1. The Bertz CT molecular complexity index is 181. The quantitative estimate of drug-likeness (QED) is 0.304. The minimum absolute atomic E-state index is 0. The van der Waals surface area contributed by atoms with E-state index in [-0.39, 0.29) is 35.7 Å². The second kappa shape index (κ2) is 7.28. The van der Waals surface area contributed by atoms with Crippen LogP contribution in [0.4, 0.5) is 0 Å². The largest absolute Gasteiger partial charge is 1.00 e. The van der Waals surface area contributed by atoms with E-state index in [0.29, 0.717) is 6.42 Å². The summed E-state index contributed by atoms with van der Waals surface area (Å²) in [5.74, 6) is 0. The maximum Gasteiger partial charge on any atom is 1.00 e. The zero-order chi connectivity index (χ0) is 8.91. The molecule has 3 nitrogen and oxygen atoms in total. The summed E-state index contributed by atoms with van der Waals surface area (Å²) in [7, 11) is -3.68. The molecule has 1 unspecified atom stereocenters. The van der Waals surface area contributed by atoms with Gasteiger partial charge in [0.2, 0.25) is 0 Å². The summed E-state index contributed by atoms with van der Waals surface area (Å²) >= 11 is 0. The number of hydrogen-bond donors (Lipinski definition) is 0. The van der Waals surface area contributed by atoms with Crippen molar-refractivity contribution in [2.75, 3.05) is 6.16 Å². The summed E-state index contributed by atoms with van der Waals surface area (Å²) in [5, 5.41) is 0. The van der Waals surface area contributed by atoms with E-state index in [0.717, 1.165) is 19.8 Å². The second-order valence-corrected chi connectivity index (χ2v) is 5.05. The summed E-state index contributed by atoms with van der Waals surface area (Å²) in [6.07, 6.45) is 2.49. The second-order valence-electron chi connectivity index (χ2n) is 2.62. The SMILES string of the molecule is CCCCCP(=O)([O-])C(C)=O.[Na+]. The van der Waals surface area contributed by atoms with Crippen molar-refractivity contribution < 1.29 is 43.8 Å². The molecule has 0 aliphatic rings. The molecule has 0 aromatic carbocycles. The first-order chi connectivity index (χ1) is 5.00. The maximum atomic E-state index is 10.9. The molecule has 0 aromatic heterocycles. The van der Waals surface area contributed by atoms with E-state index in [1.165, 1.54) is 0 Å². The van der Waals surface area contributed by atoms with Crippen LogP contribution >= 0.6 is 7.37 Å². The third kappa shape index (κ3) is 6.38. The third-order valence-electron chi connectivity index (χ3n) is 1.54. The van der Waals surface area contributed by atoms with E-state index in [4.69, 9.17) is 0 Å². The van der Waals surface area contributed by atoms with Crippen LogP contribution in [0.15, 0.2) is 0 Å². The van der Waals surface area contributed by atoms with Crippen LogP contribution in [0.5, 0.6) is 0 Å². The van der Waals surface area contributed by atoms with Crippen molar-refractivity contribution in [1.29, 1.82) is 0 Å². The fourth-order valence-electron chi connectivity index (χ4n) is 0.727. The first-order valence-electron chi connectivity index (χ1n) is 3.82. The average molecular weight is 200 g/mol. The Balaban J connectivity index is 0. The minimum atomic E-state index is -3.68. The first kappa shape index (κ1) is 15.3. The van der Waals surface area contributed by atoms with Crippen LogP contribution < -0.4 is 34.5 Å². The van der Waals surface area contributed by atoms with Crippen molar-refractivity contribution in [2.24, 2.45) is 0 Å². The van der Waals surface area contributed by atoms with Gasteiger partial charge in [0.25, 0.3) is 0 Å². The van der Waals surface area contributed by atoms with Gasteiger partial charge >= 0.3 is 29.6 Å². The van der Waals surface area contributed by atoms with Gasteiger partial charge in [0.1, 0.15) is 0 Å². The molecule has 0 aliphatic heterocycles. The van der Waals surface area contributed by atoms with E-state index in [9.17, 15) is 14.3 Å². The zero-order valence-corrected chi connectivity index (χ0v) is 10.9. The smallest absolute Gasteiger partial charge is 0.794 e. The summed E-state index contributed by atoms with van der Waals surface area (Å²) in [5.41, 5.74) is -0.686. The van der Waals surface area contributed by atoms with Crippen LogP contribution in [0.2, 0.25) is 0 Å². The normalized spacial score (nSPS) is 14.6. The fourth-order valence-corrected chi connectivity index (χ4v) is 1.68. The van der Waals surface area contributed by atoms with Gasteiger partial charge in [0.15, 0.2) is 5.52 Å². The molecule has 0 saturated heterocycles. The van der Waals surface area contributed by atoms with Gasteiger partial charge in [-0.2, -0.15) is 0 Å². The van der Waals surface area contributed by atoms with E-state index < -0.39 is 12.9 Å². The predicted molar refractivity (Wildman–Crippen MR) is 42.7 cm³/mol. The van der Waals surface area contributed by atoms with Gasteiger partial charge in [-0.05, 0) is 12.6 Å². The van der Waals surface area contributed by atoms with Crippen molar-refractivity contribution in [3.8, 4) is 0 Å². The molecule has 0 bridgehead atoms.